The third-order valence-electron chi connectivity index (χ3n) is 6.20. The Hall–Kier alpha value is -2.64. The van der Waals surface area contributed by atoms with E-state index in [-0.39, 0.29) is 29.7 Å². The lowest BCUT2D eigenvalue weighted by Gasteiger charge is -2.51. The van der Waals surface area contributed by atoms with Crippen molar-refractivity contribution in [2.45, 2.75) is 31.3 Å². The van der Waals surface area contributed by atoms with Crippen molar-refractivity contribution in [3.63, 3.8) is 0 Å². The molecule has 9 heteroatoms. The van der Waals surface area contributed by atoms with Gasteiger partial charge in [0, 0.05) is 29.5 Å². The minimum Gasteiger partial charge on any atom is -0.491 e. The van der Waals surface area contributed by atoms with Crippen molar-refractivity contribution in [1.29, 1.82) is 0 Å². The summed E-state index contributed by atoms with van der Waals surface area (Å²) in [5.74, 6) is 0.446. The lowest BCUT2D eigenvalue weighted by Crippen LogP contribution is -2.61. The summed E-state index contributed by atoms with van der Waals surface area (Å²) in [4.78, 5) is 31.6. The third kappa shape index (κ3) is 3.88. The summed E-state index contributed by atoms with van der Waals surface area (Å²) in [6, 6.07) is 5.03. The van der Waals surface area contributed by atoms with E-state index in [2.05, 4.69) is 11.6 Å². The van der Waals surface area contributed by atoms with Gasteiger partial charge < -0.3 is 19.7 Å². The molecular formula is C22H23Cl2N3O4. The minimum absolute atomic E-state index is 0.0190. The van der Waals surface area contributed by atoms with Crippen LogP contribution in [-0.4, -0.2) is 52.7 Å². The molecule has 3 fully saturated rings. The van der Waals surface area contributed by atoms with Crippen LogP contribution in [0.25, 0.3) is 10.9 Å². The zero-order valence-corrected chi connectivity index (χ0v) is 18.5. The smallest absolute Gasteiger partial charge is 0.407 e. The molecule has 31 heavy (non-hydrogen) atoms. The number of piperidine rings is 2. The van der Waals surface area contributed by atoms with Gasteiger partial charge in [0.05, 0.1) is 17.2 Å². The normalized spacial score (nSPS) is 23.1. The molecule has 2 aromatic rings. The van der Waals surface area contributed by atoms with E-state index in [0.717, 1.165) is 23.7 Å². The highest BCUT2D eigenvalue weighted by molar-refractivity contribution is 6.42. The number of carboxylic acid groups (broad SMARTS) is 1. The molecule has 2 saturated heterocycles. The molecule has 3 aliphatic rings. The van der Waals surface area contributed by atoms with Crippen molar-refractivity contribution in [1.82, 2.24) is 9.88 Å². The monoisotopic (exact) mass is 463 g/mol. The van der Waals surface area contributed by atoms with Crippen LogP contribution >= 0.6 is 23.2 Å². The Morgan fingerprint density at radius 3 is 2.65 bits per heavy atom. The van der Waals surface area contributed by atoms with Crippen LogP contribution < -0.4 is 4.90 Å². The zero-order chi connectivity index (χ0) is 22.3. The highest BCUT2D eigenvalue weighted by Gasteiger charge is 2.47. The van der Waals surface area contributed by atoms with E-state index >= 15 is 0 Å². The first kappa shape index (κ1) is 21.6. The van der Waals surface area contributed by atoms with Crippen LogP contribution in [0.3, 0.4) is 0 Å². The van der Waals surface area contributed by atoms with Crippen LogP contribution in [-0.2, 0) is 9.53 Å². The fourth-order valence-corrected chi connectivity index (χ4v) is 5.10. The van der Waals surface area contributed by atoms with Crippen LogP contribution in [0.4, 0.5) is 10.6 Å². The maximum atomic E-state index is 13.5. The molecule has 3 atom stereocenters. The second kappa shape index (κ2) is 8.48. The van der Waals surface area contributed by atoms with Crippen molar-refractivity contribution in [3.05, 3.63) is 52.7 Å². The van der Waals surface area contributed by atoms with Gasteiger partial charge in [0.2, 0.25) is 0 Å². The Bertz CT molecular complexity index is 1040. The molecule has 1 aliphatic carbocycles. The molecule has 164 valence electrons. The first-order valence-corrected chi connectivity index (χ1v) is 10.8. The molecule has 0 spiro atoms. The van der Waals surface area contributed by atoms with Gasteiger partial charge in [0.15, 0.2) is 5.76 Å². The number of methoxy groups -OCH3 is 1. The molecule has 1 saturated carbocycles. The maximum Gasteiger partial charge on any atom is 0.407 e. The van der Waals surface area contributed by atoms with Crippen LogP contribution in [0, 0.1) is 5.92 Å². The fraction of sp³-hybridized carbons (Fsp3) is 0.364. The van der Waals surface area contributed by atoms with Gasteiger partial charge >= 0.3 is 6.09 Å². The summed E-state index contributed by atoms with van der Waals surface area (Å²) in [5, 5.41) is 11.2. The Labute approximate surface area is 189 Å². The number of fused-ring (bicyclic) bond motifs is 4. The number of H-pyrrole nitrogens is 1. The first-order valence-electron chi connectivity index (χ1n) is 10.0. The third-order valence-corrected chi connectivity index (χ3v) is 6.93. The van der Waals surface area contributed by atoms with Crippen molar-refractivity contribution in [3.8, 4) is 0 Å². The summed E-state index contributed by atoms with van der Waals surface area (Å²) in [6.07, 6.45) is 4.33. The van der Waals surface area contributed by atoms with Crippen LogP contribution in [0.15, 0.2) is 42.7 Å². The quantitative estimate of drug-likeness (QED) is 0.368. The number of hydrogen-bond acceptors (Lipinski definition) is 3. The number of hydrogen-bond donors (Lipinski definition) is 2. The van der Waals surface area contributed by atoms with Gasteiger partial charge in [-0.15, -0.1) is 0 Å². The van der Waals surface area contributed by atoms with Gasteiger partial charge in [-0.05, 0) is 49.5 Å². The van der Waals surface area contributed by atoms with E-state index in [9.17, 15) is 14.7 Å². The average molecular weight is 464 g/mol. The number of aromatic nitrogens is 1. The van der Waals surface area contributed by atoms with Crippen molar-refractivity contribution < 1.29 is 19.4 Å². The summed E-state index contributed by atoms with van der Waals surface area (Å²) in [6.45, 7) is 4.06. The molecule has 2 bridgehead atoms. The largest absolute Gasteiger partial charge is 0.491 e. The van der Waals surface area contributed by atoms with Crippen molar-refractivity contribution in [2.24, 2.45) is 5.92 Å². The topological polar surface area (TPSA) is 85.9 Å². The second-order valence-electron chi connectivity index (χ2n) is 7.88. The number of allylic oxidation sites excluding steroid dienone is 2. The van der Waals surface area contributed by atoms with Gasteiger partial charge in [-0.1, -0.05) is 35.9 Å². The number of amides is 2. The molecule has 3 heterocycles. The molecule has 2 amide bonds. The SMILES string of the molecule is C=CC=C(OC)C(=O)N(c1cc2cc(Cl)c(Cl)cc2[nH]1)C1CC2CCC1CN2C(=O)O. The number of benzene rings is 1. The molecule has 7 nitrogen and oxygen atoms in total. The molecule has 2 aliphatic heterocycles. The summed E-state index contributed by atoms with van der Waals surface area (Å²) in [7, 11) is 1.44. The van der Waals surface area contributed by atoms with Gasteiger partial charge in [-0.2, -0.15) is 0 Å². The predicted molar refractivity (Wildman–Crippen MR) is 121 cm³/mol. The van der Waals surface area contributed by atoms with Crippen molar-refractivity contribution in [2.75, 3.05) is 18.6 Å². The van der Waals surface area contributed by atoms with Gasteiger partial charge in [0.25, 0.3) is 5.91 Å². The van der Waals surface area contributed by atoms with E-state index in [1.165, 1.54) is 24.2 Å². The number of halogens is 2. The van der Waals surface area contributed by atoms with Gasteiger partial charge in [-0.25, -0.2) is 4.79 Å². The summed E-state index contributed by atoms with van der Waals surface area (Å²) < 4.78 is 5.34. The maximum absolute atomic E-state index is 13.5. The fourth-order valence-electron chi connectivity index (χ4n) is 4.77. The van der Waals surface area contributed by atoms with Crippen LogP contribution in [0.1, 0.15) is 19.3 Å². The molecule has 2 N–H and O–H groups in total. The van der Waals surface area contributed by atoms with E-state index in [1.807, 2.05) is 6.07 Å². The van der Waals surface area contributed by atoms with Gasteiger partial charge in [-0.3, -0.25) is 9.69 Å². The van der Waals surface area contributed by atoms with E-state index in [1.54, 1.807) is 17.0 Å². The molecule has 1 aromatic carbocycles. The van der Waals surface area contributed by atoms with Crippen LogP contribution in [0.5, 0.6) is 0 Å². The minimum atomic E-state index is -0.912. The first-order chi connectivity index (χ1) is 14.8. The van der Waals surface area contributed by atoms with E-state index < -0.39 is 6.09 Å². The average Bonchev–Trinajstić information content (AvgIpc) is 3.14. The number of nitrogens with one attached hydrogen (secondary N) is 1. The highest BCUT2D eigenvalue weighted by atomic mass is 35.5. The Morgan fingerprint density at radius 2 is 2.03 bits per heavy atom. The molecule has 5 rings (SSSR count). The zero-order valence-electron chi connectivity index (χ0n) is 17.0. The molecule has 1 aromatic heterocycles. The lowest BCUT2D eigenvalue weighted by molar-refractivity contribution is -0.119. The summed E-state index contributed by atoms with van der Waals surface area (Å²) in [5.41, 5.74) is 0.752. The predicted octanol–water partition coefficient (Wildman–Crippen LogP) is 5.05. The lowest BCUT2D eigenvalue weighted by atomic mass is 9.75. The Kier molecular flexibility index (Phi) is 5.90. The van der Waals surface area contributed by atoms with Crippen molar-refractivity contribution >= 4 is 51.9 Å². The number of ether oxygens (including phenoxy) is 1. The van der Waals surface area contributed by atoms with E-state index in [4.69, 9.17) is 27.9 Å². The number of rotatable bonds is 5. The standard InChI is InChI=1S/C22H23Cl2N3O4/c1-3-4-19(31-2)21(28)27(18-9-14-6-5-12(18)11-26(14)22(29)30)20-8-13-7-15(23)16(24)10-17(13)25-20/h3-4,7-8,10,12,14,18,25H,1,5-6,9,11H2,2H3,(H,29,30). The van der Waals surface area contributed by atoms with Gasteiger partial charge in [0.1, 0.15) is 5.82 Å². The van der Waals surface area contributed by atoms with E-state index in [0.29, 0.717) is 28.8 Å². The number of carbonyl (C=O) groups is 2. The molecule has 3 unspecified atom stereocenters. The Balaban J connectivity index is 1.78. The molecular weight excluding hydrogens is 441 g/mol. The Morgan fingerprint density at radius 1 is 1.29 bits per heavy atom. The number of carbonyl (C=O) groups excluding carboxylic acids is 1. The number of anilines is 1. The number of nitrogens with zero attached hydrogens (tertiary/aromatic N) is 2. The number of aromatic amines is 1. The molecule has 0 radical (unpaired) electrons. The van der Waals surface area contributed by atoms with Crippen LogP contribution in [0.2, 0.25) is 10.0 Å². The highest BCUT2D eigenvalue weighted by Crippen LogP contribution is 2.41. The summed E-state index contributed by atoms with van der Waals surface area (Å²) >= 11 is 12.3. The second-order valence-corrected chi connectivity index (χ2v) is 8.70.